The predicted molar refractivity (Wildman–Crippen MR) is 93.0 cm³/mol. The fraction of sp³-hybridized carbons (Fsp3) is 0.471. The normalized spacial score (nSPS) is 12.5. The Morgan fingerprint density at radius 2 is 2.17 bits per heavy atom. The number of hydrogen-bond acceptors (Lipinski definition) is 4. The molecule has 1 atom stereocenters. The standard InChI is InChI=1S/C17H25N5O2/c1-5-24-15-13(7-6-8-19-15)20-16(23)21-14(17(2,3)4)11-22-10-9-18-12-22/h6-10,12,14H,5,11H2,1-4H3,(H2,20,21,23)/t14-/m1/s1. The molecule has 2 N–H and O–H groups in total. The molecular formula is C17H25N5O2. The summed E-state index contributed by atoms with van der Waals surface area (Å²) in [7, 11) is 0. The quantitative estimate of drug-likeness (QED) is 0.853. The van der Waals surface area contributed by atoms with Gasteiger partial charge in [0.05, 0.1) is 19.0 Å². The summed E-state index contributed by atoms with van der Waals surface area (Å²) in [6, 6.07) is 3.16. The number of nitrogens with zero attached hydrogens (tertiary/aromatic N) is 3. The van der Waals surface area contributed by atoms with Gasteiger partial charge in [-0.05, 0) is 24.5 Å². The van der Waals surface area contributed by atoms with Gasteiger partial charge in [-0.15, -0.1) is 0 Å². The zero-order valence-electron chi connectivity index (χ0n) is 14.6. The number of carbonyl (C=O) groups is 1. The summed E-state index contributed by atoms with van der Waals surface area (Å²) in [5, 5.41) is 5.85. The molecule has 7 nitrogen and oxygen atoms in total. The molecule has 0 radical (unpaired) electrons. The zero-order valence-corrected chi connectivity index (χ0v) is 14.6. The number of imidazole rings is 1. The molecule has 0 saturated carbocycles. The van der Waals surface area contributed by atoms with Gasteiger partial charge in [-0.25, -0.2) is 14.8 Å². The van der Waals surface area contributed by atoms with Gasteiger partial charge in [0, 0.05) is 25.1 Å². The smallest absolute Gasteiger partial charge is 0.319 e. The Bertz CT molecular complexity index is 649. The van der Waals surface area contributed by atoms with Gasteiger partial charge in [-0.2, -0.15) is 0 Å². The fourth-order valence-electron chi connectivity index (χ4n) is 2.20. The lowest BCUT2D eigenvalue weighted by atomic mass is 9.86. The molecular weight excluding hydrogens is 306 g/mol. The monoisotopic (exact) mass is 331 g/mol. The van der Waals surface area contributed by atoms with Crippen LogP contribution < -0.4 is 15.4 Å². The van der Waals surface area contributed by atoms with Crippen LogP contribution in [0.25, 0.3) is 0 Å². The molecule has 2 aromatic heterocycles. The Balaban J connectivity index is 2.05. The van der Waals surface area contributed by atoms with Crippen LogP contribution in [0.15, 0.2) is 37.1 Å². The fourth-order valence-corrected chi connectivity index (χ4v) is 2.20. The maximum absolute atomic E-state index is 12.4. The molecule has 2 rings (SSSR count). The van der Waals surface area contributed by atoms with Crippen molar-refractivity contribution in [2.45, 2.75) is 40.3 Å². The summed E-state index contributed by atoms with van der Waals surface area (Å²) in [4.78, 5) is 20.6. The minimum Gasteiger partial charge on any atom is -0.476 e. The van der Waals surface area contributed by atoms with Crippen LogP contribution in [0, 0.1) is 5.41 Å². The third-order valence-electron chi connectivity index (χ3n) is 3.60. The highest BCUT2D eigenvalue weighted by atomic mass is 16.5. The number of nitrogens with one attached hydrogen (secondary N) is 2. The van der Waals surface area contributed by atoms with Crippen LogP contribution in [0.4, 0.5) is 10.5 Å². The van der Waals surface area contributed by atoms with E-state index in [2.05, 4.69) is 41.4 Å². The third-order valence-corrected chi connectivity index (χ3v) is 3.60. The van der Waals surface area contributed by atoms with Crippen molar-refractivity contribution in [3.63, 3.8) is 0 Å². The molecule has 7 heteroatoms. The van der Waals surface area contributed by atoms with E-state index in [4.69, 9.17) is 4.74 Å². The summed E-state index contributed by atoms with van der Waals surface area (Å²) in [6.45, 7) is 9.26. The van der Waals surface area contributed by atoms with Crippen LogP contribution in [-0.4, -0.2) is 33.2 Å². The number of anilines is 1. The van der Waals surface area contributed by atoms with Crippen LogP contribution in [-0.2, 0) is 6.54 Å². The number of carbonyl (C=O) groups excluding carboxylic acids is 1. The van der Waals surface area contributed by atoms with Crippen LogP contribution in [0.5, 0.6) is 5.88 Å². The van der Waals surface area contributed by atoms with E-state index in [-0.39, 0.29) is 17.5 Å². The van der Waals surface area contributed by atoms with Crippen molar-refractivity contribution in [2.24, 2.45) is 5.41 Å². The van der Waals surface area contributed by atoms with Gasteiger partial charge >= 0.3 is 6.03 Å². The summed E-state index contributed by atoms with van der Waals surface area (Å²) < 4.78 is 7.38. The Hall–Kier alpha value is -2.57. The van der Waals surface area contributed by atoms with E-state index in [1.807, 2.05) is 17.7 Å². The molecule has 0 aliphatic carbocycles. The second-order valence-corrected chi connectivity index (χ2v) is 6.57. The molecule has 130 valence electrons. The molecule has 2 aromatic rings. The van der Waals surface area contributed by atoms with Crippen LogP contribution >= 0.6 is 0 Å². The Kier molecular flexibility index (Phi) is 5.78. The number of rotatable bonds is 6. The number of pyridine rings is 1. The first kappa shape index (κ1) is 17.8. The second kappa shape index (κ2) is 7.81. The highest BCUT2D eigenvalue weighted by Gasteiger charge is 2.27. The highest BCUT2D eigenvalue weighted by molar-refractivity contribution is 5.90. The second-order valence-electron chi connectivity index (χ2n) is 6.57. The average Bonchev–Trinajstić information content (AvgIpc) is 3.01. The third kappa shape index (κ3) is 4.97. The molecule has 0 unspecified atom stereocenters. The number of urea groups is 1. The summed E-state index contributed by atoms with van der Waals surface area (Å²) in [5.74, 6) is 0.414. The molecule has 0 aromatic carbocycles. The van der Waals surface area contributed by atoms with Gasteiger partial charge in [-0.1, -0.05) is 20.8 Å². The summed E-state index contributed by atoms with van der Waals surface area (Å²) in [5.41, 5.74) is 0.436. The summed E-state index contributed by atoms with van der Waals surface area (Å²) >= 11 is 0. The van der Waals surface area contributed by atoms with E-state index in [1.54, 1.807) is 30.9 Å². The van der Waals surface area contributed by atoms with Crippen LogP contribution in [0.3, 0.4) is 0 Å². The van der Waals surface area contributed by atoms with E-state index in [9.17, 15) is 4.79 Å². The molecule has 2 heterocycles. The van der Waals surface area contributed by atoms with Gasteiger partial charge in [0.15, 0.2) is 0 Å². The van der Waals surface area contributed by atoms with E-state index in [0.29, 0.717) is 24.7 Å². The molecule has 0 aliphatic rings. The first-order chi connectivity index (χ1) is 11.4. The molecule has 24 heavy (non-hydrogen) atoms. The number of aromatic nitrogens is 3. The van der Waals surface area contributed by atoms with Gasteiger partial charge in [-0.3, -0.25) is 0 Å². The maximum atomic E-state index is 12.4. The van der Waals surface area contributed by atoms with E-state index in [1.165, 1.54) is 0 Å². The number of hydrogen-bond donors (Lipinski definition) is 2. The van der Waals surface area contributed by atoms with Crippen molar-refractivity contribution in [1.29, 1.82) is 0 Å². The Morgan fingerprint density at radius 1 is 1.38 bits per heavy atom. The van der Waals surface area contributed by atoms with Gasteiger partial charge < -0.3 is 19.9 Å². The first-order valence-electron chi connectivity index (χ1n) is 8.01. The molecule has 0 saturated heterocycles. The largest absolute Gasteiger partial charge is 0.476 e. The van der Waals surface area contributed by atoms with Gasteiger partial charge in [0.1, 0.15) is 5.69 Å². The average molecular weight is 331 g/mol. The Morgan fingerprint density at radius 3 is 2.79 bits per heavy atom. The Labute approximate surface area is 142 Å². The van der Waals surface area contributed by atoms with Crippen molar-refractivity contribution in [3.05, 3.63) is 37.1 Å². The number of ether oxygens (including phenoxy) is 1. The lowest BCUT2D eigenvalue weighted by Gasteiger charge is -2.31. The molecule has 0 bridgehead atoms. The molecule has 0 aliphatic heterocycles. The van der Waals surface area contributed by atoms with E-state index < -0.39 is 0 Å². The van der Waals surface area contributed by atoms with Crippen LogP contribution in [0.1, 0.15) is 27.7 Å². The maximum Gasteiger partial charge on any atom is 0.319 e. The zero-order chi connectivity index (χ0) is 17.6. The molecule has 2 amide bonds. The van der Waals surface area contributed by atoms with Gasteiger partial charge in [0.2, 0.25) is 5.88 Å². The lowest BCUT2D eigenvalue weighted by molar-refractivity contribution is 0.218. The minimum absolute atomic E-state index is 0.0704. The number of amides is 2. The lowest BCUT2D eigenvalue weighted by Crippen LogP contribution is -2.47. The van der Waals surface area contributed by atoms with Crippen molar-refractivity contribution in [2.75, 3.05) is 11.9 Å². The van der Waals surface area contributed by atoms with Crippen molar-refractivity contribution < 1.29 is 9.53 Å². The molecule has 0 spiro atoms. The SMILES string of the molecule is CCOc1ncccc1NC(=O)N[C@H](Cn1ccnc1)C(C)(C)C. The summed E-state index contributed by atoms with van der Waals surface area (Å²) in [6.07, 6.45) is 6.98. The van der Waals surface area contributed by atoms with Crippen molar-refractivity contribution in [1.82, 2.24) is 19.9 Å². The van der Waals surface area contributed by atoms with Crippen LogP contribution in [0.2, 0.25) is 0 Å². The van der Waals surface area contributed by atoms with Crippen molar-refractivity contribution in [3.8, 4) is 5.88 Å². The van der Waals surface area contributed by atoms with Gasteiger partial charge in [0.25, 0.3) is 0 Å². The predicted octanol–water partition coefficient (Wildman–Crippen LogP) is 2.91. The first-order valence-corrected chi connectivity index (χ1v) is 8.01. The van der Waals surface area contributed by atoms with Crippen molar-refractivity contribution >= 4 is 11.7 Å². The highest BCUT2D eigenvalue weighted by Crippen LogP contribution is 2.23. The molecule has 0 fully saturated rings. The van der Waals surface area contributed by atoms with E-state index >= 15 is 0 Å². The minimum atomic E-state index is -0.288. The van der Waals surface area contributed by atoms with E-state index in [0.717, 1.165) is 0 Å². The topological polar surface area (TPSA) is 81.1 Å².